The molecule has 1 heterocycles. The second-order valence-electron chi connectivity index (χ2n) is 4.28. The Morgan fingerprint density at radius 3 is 2.89 bits per heavy atom. The number of nitrogens with one attached hydrogen (secondary N) is 3. The van der Waals surface area contributed by atoms with Gasteiger partial charge in [-0.1, -0.05) is 0 Å². The Bertz CT molecular complexity index is 564. The van der Waals surface area contributed by atoms with E-state index in [2.05, 4.69) is 20.8 Å². The van der Waals surface area contributed by atoms with Gasteiger partial charge in [-0.05, 0) is 25.1 Å². The van der Waals surface area contributed by atoms with E-state index >= 15 is 0 Å². The Morgan fingerprint density at radius 2 is 2.26 bits per heavy atom. The van der Waals surface area contributed by atoms with Gasteiger partial charge in [0, 0.05) is 24.4 Å². The SMILES string of the molecule is CNC(=O)c1ccc(N)c(NC(C)c2cn[nH]c2)c1. The number of carbonyl (C=O) groups is 1. The summed E-state index contributed by atoms with van der Waals surface area (Å²) in [5, 5.41) is 12.5. The Morgan fingerprint density at radius 1 is 1.47 bits per heavy atom. The maximum Gasteiger partial charge on any atom is 0.251 e. The van der Waals surface area contributed by atoms with Gasteiger partial charge in [-0.25, -0.2) is 0 Å². The molecule has 0 aliphatic rings. The highest BCUT2D eigenvalue weighted by molar-refractivity contribution is 5.96. The van der Waals surface area contributed by atoms with Crippen molar-refractivity contribution >= 4 is 17.3 Å². The number of nitrogens with two attached hydrogens (primary N) is 1. The van der Waals surface area contributed by atoms with Crippen LogP contribution in [0.25, 0.3) is 0 Å². The van der Waals surface area contributed by atoms with Crippen LogP contribution in [0, 0.1) is 0 Å². The molecule has 0 radical (unpaired) electrons. The molecule has 0 bridgehead atoms. The van der Waals surface area contributed by atoms with Crippen molar-refractivity contribution < 1.29 is 4.79 Å². The second kappa shape index (κ2) is 5.43. The van der Waals surface area contributed by atoms with E-state index in [1.54, 1.807) is 31.4 Å². The van der Waals surface area contributed by atoms with E-state index in [0.717, 1.165) is 11.3 Å². The molecule has 0 aliphatic carbocycles. The van der Waals surface area contributed by atoms with Crippen molar-refractivity contribution in [3.8, 4) is 0 Å². The van der Waals surface area contributed by atoms with Crippen LogP contribution >= 0.6 is 0 Å². The van der Waals surface area contributed by atoms with Crippen molar-refractivity contribution in [2.75, 3.05) is 18.1 Å². The highest BCUT2D eigenvalue weighted by Crippen LogP contribution is 2.25. The first-order valence-electron chi connectivity index (χ1n) is 5.98. The predicted octanol–water partition coefficient (Wildman–Crippen LogP) is 1.52. The zero-order valence-electron chi connectivity index (χ0n) is 10.9. The lowest BCUT2D eigenvalue weighted by Gasteiger charge is -2.16. The number of rotatable bonds is 4. The molecule has 2 aromatic rings. The molecule has 19 heavy (non-hydrogen) atoms. The zero-order chi connectivity index (χ0) is 13.8. The molecule has 0 saturated heterocycles. The molecule has 2 rings (SSSR count). The quantitative estimate of drug-likeness (QED) is 0.626. The number of hydrogen-bond donors (Lipinski definition) is 4. The summed E-state index contributed by atoms with van der Waals surface area (Å²) in [5.41, 5.74) is 8.83. The van der Waals surface area contributed by atoms with Crippen molar-refractivity contribution in [1.82, 2.24) is 15.5 Å². The second-order valence-corrected chi connectivity index (χ2v) is 4.28. The molecule has 5 N–H and O–H groups in total. The van der Waals surface area contributed by atoms with Crippen LogP contribution < -0.4 is 16.4 Å². The van der Waals surface area contributed by atoms with Gasteiger partial charge in [-0.2, -0.15) is 5.10 Å². The Balaban J connectivity index is 2.22. The van der Waals surface area contributed by atoms with Crippen molar-refractivity contribution in [2.45, 2.75) is 13.0 Å². The van der Waals surface area contributed by atoms with E-state index in [1.165, 1.54) is 0 Å². The summed E-state index contributed by atoms with van der Waals surface area (Å²) in [4.78, 5) is 11.6. The molecular weight excluding hydrogens is 242 g/mol. The maximum atomic E-state index is 11.6. The van der Waals surface area contributed by atoms with Crippen LogP contribution in [-0.2, 0) is 0 Å². The van der Waals surface area contributed by atoms with Gasteiger partial charge < -0.3 is 16.4 Å². The lowest BCUT2D eigenvalue weighted by atomic mass is 10.1. The van der Waals surface area contributed by atoms with Crippen LogP contribution in [0.2, 0.25) is 0 Å². The molecule has 0 fully saturated rings. The molecule has 1 amide bonds. The molecule has 6 nitrogen and oxygen atoms in total. The molecule has 1 unspecified atom stereocenters. The number of amides is 1. The minimum absolute atomic E-state index is 0.0426. The number of hydrogen-bond acceptors (Lipinski definition) is 4. The number of nitrogen functional groups attached to an aromatic ring is 1. The van der Waals surface area contributed by atoms with Gasteiger partial charge in [0.1, 0.15) is 0 Å². The molecule has 1 aromatic carbocycles. The van der Waals surface area contributed by atoms with Crippen LogP contribution in [0.5, 0.6) is 0 Å². The third-order valence-electron chi connectivity index (χ3n) is 2.93. The van der Waals surface area contributed by atoms with E-state index in [4.69, 9.17) is 5.73 Å². The first-order chi connectivity index (χ1) is 9.11. The summed E-state index contributed by atoms with van der Waals surface area (Å²) in [7, 11) is 1.60. The summed E-state index contributed by atoms with van der Waals surface area (Å²) in [6, 6.07) is 5.20. The first kappa shape index (κ1) is 12.9. The van der Waals surface area contributed by atoms with Gasteiger partial charge in [-0.15, -0.1) is 0 Å². The van der Waals surface area contributed by atoms with Gasteiger partial charge >= 0.3 is 0 Å². The van der Waals surface area contributed by atoms with Gasteiger partial charge in [0.25, 0.3) is 5.91 Å². The summed E-state index contributed by atoms with van der Waals surface area (Å²) in [5.74, 6) is -0.140. The number of carbonyl (C=O) groups excluding carboxylic acids is 1. The Labute approximate surface area is 111 Å². The fourth-order valence-corrected chi connectivity index (χ4v) is 1.78. The fraction of sp³-hybridized carbons (Fsp3) is 0.231. The first-order valence-corrected chi connectivity index (χ1v) is 5.98. The fourth-order valence-electron chi connectivity index (χ4n) is 1.78. The lowest BCUT2D eigenvalue weighted by Crippen LogP contribution is -2.18. The standard InChI is InChI=1S/C13H17N5O/c1-8(10-6-16-17-7-10)18-12-5-9(13(19)15-2)3-4-11(12)14/h3-8,18H,14H2,1-2H3,(H,15,19)(H,16,17). The summed E-state index contributed by atoms with van der Waals surface area (Å²) < 4.78 is 0. The smallest absolute Gasteiger partial charge is 0.251 e. The van der Waals surface area contributed by atoms with Crippen LogP contribution in [0.15, 0.2) is 30.6 Å². The Kier molecular flexibility index (Phi) is 3.70. The van der Waals surface area contributed by atoms with Crippen LogP contribution in [0.3, 0.4) is 0 Å². The van der Waals surface area contributed by atoms with Crippen molar-refractivity contribution in [3.05, 3.63) is 41.7 Å². The average Bonchev–Trinajstić information content (AvgIpc) is 2.94. The van der Waals surface area contributed by atoms with Crippen molar-refractivity contribution in [3.63, 3.8) is 0 Å². The van der Waals surface area contributed by atoms with Crippen LogP contribution in [0.4, 0.5) is 11.4 Å². The van der Waals surface area contributed by atoms with Gasteiger partial charge in [-0.3, -0.25) is 9.89 Å². The van der Waals surface area contributed by atoms with Crippen LogP contribution in [-0.4, -0.2) is 23.2 Å². The molecule has 100 valence electrons. The minimum atomic E-state index is -0.140. The summed E-state index contributed by atoms with van der Waals surface area (Å²) in [6.45, 7) is 2.00. The number of benzene rings is 1. The number of aromatic amines is 1. The highest BCUT2D eigenvalue weighted by atomic mass is 16.1. The third-order valence-corrected chi connectivity index (χ3v) is 2.93. The number of anilines is 2. The summed E-state index contributed by atoms with van der Waals surface area (Å²) >= 11 is 0. The normalized spacial score (nSPS) is 11.9. The minimum Gasteiger partial charge on any atom is -0.397 e. The van der Waals surface area contributed by atoms with E-state index in [-0.39, 0.29) is 11.9 Å². The van der Waals surface area contributed by atoms with Gasteiger partial charge in [0.2, 0.25) is 0 Å². The number of aromatic nitrogens is 2. The molecule has 0 aliphatic heterocycles. The molecule has 1 aromatic heterocycles. The topological polar surface area (TPSA) is 95.8 Å². The van der Waals surface area contributed by atoms with E-state index in [1.807, 2.05) is 13.1 Å². The molecule has 6 heteroatoms. The zero-order valence-corrected chi connectivity index (χ0v) is 10.9. The Hall–Kier alpha value is -2.50. The van der Waals surface area contributed by atoms with E-state index in [9.17, 15) is 4.79 Å². The largest absolute Gasteiger partial charge is 0.397 e. The number of nitrogens with zero attached hydrogens (tertiary/aromatic N) is 1. The maximum absolute atomic E-state index is 11.6. The molecule has 1 atom stereocenters. The van der Waals surface area contributed by atoms with Crippen molar-refractivity contribution in [1.29, 1.82) is 0 Å². The predicted molar refractivity (Wildman–Crippen MR) is 74.9 cm³/mol. The van der Waals surface area contributed by atoms with E-state index in [0.29, 0.717) is 11.3 Å². The average molecular weight is 259 g/mol. The molecule has 0 spiro atoms. The lowest BCUT2D eigenvalue weighted by molar-refractivity contribution is 0.0963. The van der Waals surface area contributed by atoms with Gasteiger partial charge in [0.05, 0.1) is 23.6 Å². The van der Waals surface area contributed by atoms with Crippen molar-refractivity contribution in [2.24, 2.45) is 0 Å². The van der Waals surface area contributed by atoms with Gasteiger partial charge in [0.15, 0.2) is 0 Å². The van der Waals surface area contributed by atoms with E-state index < -0.39 is 0 Å². The third kappa shape index (κ3) is 2.85. The molecular formula is C13H17N5O. The summed E-state index contributed by atoms with van der Waals surface area (Å²) in [6.07, 6.45) is 3.56. The molecule has 0 saturated carbocycles. The monoisotopic (exact) mass is 259 g/mol. The highest BCUT2D eigenvalue weighted by Gasteiger charge is 2.11. The number of H-pyrrole nitrogens is 1. The van der Waals surface area contributed by atoms with Crippen LogP contribution in [0.1, 0.15) is 28.9 Å².